The first-order valence-corrected chi connectivity index (χ1v) is 14.2. The number of phosphoric acid groups is 1. The first-order valence-electron chi connectivity index (χ1n) is 12.7. The normalized spacial score (nSPS) is 9.80. The fourth-order valence-electron chi connectivity index (χ4n) is 3.01. The maximum atomic E-state index is 12.1. The molecule has 0 saturated heterocycles. The summed E-state index contributed by atoms with van der Waals surface area (Å²) in [5.41, 5.74) is 0. The minimum Gasteiger partial charge on any atom is -0.790 e. The van der Waals surface area contributed by atoms with Crippen LogP contribution in [0.3, 0.4) is 0 Å². The van der Waals surface area contributed by atoms with E-state index in [4.69, 9.17) is 9.47 Å². The molecule has 0 amide bonds. The van der Waals surface area contributed by atoms with Gasteiger partial charge in [0.2, 0.25) is 0 Å². The van der Waals surface area contributed by atoms with Crippen LogP contribution in [-0.4, -0.2) is 31.3 Å². The number of rotatable bonds is 18. The van der Waals surface area contributed by atoms with Gasteiger partial charge in [0.25, 0.3) is 0 Å². The number of unbranched alkanes of at least 4 members (excludes halogenated alkanes) is 10. The van der Waals surface area contributed by atoms with Gasteiger partial charge >= 0.3 is 71.1 Å². The standard InChI is InChI=1S/C29H37O8P.2Na/c1-3-5-7-9-11-13-14-16-18-20-22-24-29(31)37-27(26-36-38(32,33)34)25-35-28(30)23-21-19-17-15-12-10-8-6-4-2;;/h27H,3,5,7,9,11,13-14,16,18,20,22,24-26H2,1-2H3,(H2,32,33,34);;/q;2*+1/p-2/t27-;;/m0../s1. The molecule has 0 saturated carbocycles. The number of phosphoric ester groups is 1. The minimum absolute atomic E-state index is 0. The molecule has 0 fully saturated rings. The van der Waals surface area contributed by atoms with Crippen LogP contribution >= 0.6 is 7.82 Å². The molecular formula is C29H35Na2O8P. The molecule has 0 N–H and O–H groups in total. The van der Waals surface area contributed by atoms with Crippen LogP contribution in [0.2, 0.25) is 0 Å². The summed E-state index contributed by atoms with van der Waals surface area (Å²) in [4.78, 5) is 45.4. The van der Waals surface area contributed by atoms with Gasteiger partial charge in [-0.1, -0.05) is 77.1 Å². The van der Waals surface area contributed by atoms with E-state index in [1.54, 1.807) is 6.92 Å². The van der Waals surface area contributed by atoms with Crippen LogP contribution in [-0.2, 0) is 28.2 Å². The molecule has 0 bridgehead atoms. The quantitative estimate of drug-likeness (QED) is 0.0416. The number of hydrogen-bond acceptors (Lipinski definition) is 8. The van der Waals surface area contributed by atoms with Crippen LogP contribution in [0.5, 0.6) is 0 Å². The molecule has 0 aromatic rings. The van der Waals surface area contributed by atoms with Crippen LogP contribution in [0, 0.1) is 59.2 Å². The van der Waals surface area contributed by atoms with Crippen LogP contribution in [0.15, 0.2) is 0 Å². The molecule has 0 aromatic carbocycles. The van der Waals surface area contributed by atoms with Crippen molar-refractivity contribution in [1.29, 1.82) is 0 Å². The first kappa shape index (κ1) is 43.3. The number of carbonyl (C=O) groups is 2. The summed E-state index contributed by atoms with van der Waals surface area (Å²) in [5.74, 6) is 22.2. The van der Waals surface area contributed by atoms with Gasteiger partial charge in [-0.2, -0.15) is 0 Å². The van der Waals surface area contributed by atoms with Gasteiger partial charge in [0.1, 0.15) is 6.61 Å². The molecule has 0 rings (SSSR count). The van der Waals surface area contributed by atoms with Crippen LogP contribution in [0.4, 0.5) is 0 Å². The fourth-order valence-corrected chi connectivity index (χ4v) is 3.35. The second kappa shape index (κ2) is 30.8. The Bertz CT molecular complexity index is 1080. The molecule has 1 atom stereocenters. The number of hydrogen-bond donors (Lipinski definition) is 0. The second-order valence-electron chi connectivity index (χ2n) is 8.11. The van der Waals surface area contributed by atoms with Gasteiger partial charge in [-0.05, 0) is 60.7 Å². The van der Waals surface area contributed by atoms with E-state index >= 15 is 0 Å². The average Bonchev–Trinajstić information content (AvgIpc) is 2.87. The maximum Gasteiger partial charge on any atom is 1.00 e. The van der Waals surface area contributed by atoms with E-state index in [9.17, 15) is 23.9 Å². The molecule has 206 valence electrons. The molecule has 0 aliphatic carbocycles. The van der Waals surface area contributed by atoms with Crippen molar-refractivity contribution in [3.63, 3.8) is 0 Å². The average molecular weight is 589 g/mol. The molecule has 11 heteroatoms. The van der Waals surface area contributed by atoms with E-state index in [0.29, 0.717) is 6.42 Å². The smallest absolute Gasteiger partial charge is 0.790 e. The van der Waals surface area contributed by atoms with E-state index in [1.165, 1.54) is 44.9 Å². The van der Waals surface area contributed by atoms with Crippen molar-refractivity contribution in [3.05, 3.63) is 0 Å². The molecule has 0 aliphatic heterocycles. The van der Waals surface area contributed by atoms with Gasteiger partial charge in [0.15, 0.2) is 6.10 Å². The molecule has 0 radical (unpaired) electrons. The number of ether oxygens (including phenoxy) is 2. The topological polar surface area (TPSA) is 125 Å². The molecular weight excluding hydrogens is 553 g/mol. The molecule has 0 heterocycles. The van der Waals surface area contributed by atoms with Crippen molar-refractivity contribution in [2.75, 3.05) is 13.2 Å². The zero-order valence-electron chi connectivity index (χ0n) is 24.2. The Balaban J connectivity index is -0.00000684. The largest absolute Gasteiger partial charge is 1.00 e. The Morgan fingerprint density at radius 2 is 1.20 bits per heavy atom. The maximum absolute atomic E-state index is 12.1. The van der Waals surface area contributed by atoms with Gasteiger partial charge < -0.3 is 28.3 Å². The Kier molecular flexibility index (Phi) is 33.3. The van der Waals surface area contributed by atoms with E-state index in [1.807, 2.05) is 0 Å². The predicted octanol–water partition coefficient (Wildman–Crippen LogP) is -2.97. The van der Waals surface area contributed by atoms with Crippen molar-refractivity contribution in [1.82, 2.24) is 0 Å². The van der Waals surface area contributed by atoms with Crippen LogP contribution < -0.4 is 68.9 Å². The van der Waals surface area contributed by atoms with E-state index < -0.39 is 39.1 Å². The molecule has 8 nitrogen and oxygen atoms in total. The fraction of sp³-hybridized carbons (Fsp3) is 0.586. The van der Waals surface area contributed by atoms with Gasteiger partial charge in [0.05, 0.1) is 14.4 Å². The minimum atomic E-state index is -5.30. The summed E-state index contributed by atoms with van der Waals surface area (Å²) in [6, 6.07) is 0. The molecule has 0 unspecified atom stereocenters. The number of carbonyl (C=O) groups excluding carboxylic acids is 2. The van der Waals surface area contributed by atoms with Crippen molar-refractivity contribution < 1.29 is 97.1 Å². The van der Waals surface area contributed by atoms with Crippen molar-refractivity contribution in [2.24, 2.45) is 0 Å². The zero-order chi connectivity index (χ0) is 28.3. The third-order valence-corrected chi connectivity index (χ3v) is 5.29. The predicted molar refractivity (Wildman–Crippen MR) is 140 cm³/mol. The molecule has 40 heavy (non-hydrogen) atoms. The monoisotopic (exact) mass is 588 g/mol. The molecule has 0 aliphatic rings. The summed E-state index contributed by atoms with van der Waals surface area (Å²) in [5, 5.41) is 0. The summed E-state index contributed by atoms with van der Waals surface area (Å²) < 4.78 is 24.9. The SMILES string of the molecule is CC#CC#CC#CC#CC#CC(=O)OC[C@@H](COP(=O)([O-])[O-])OC(=O)CCCCCCCCCCCCC.[Na+].[Na+]. The van der Waals surface area contributed by atoms with Gasteiger partial charge in [-0.15, -0.1) is 0 Å². The van der Waals surface area contributed by atoms with Gasteiger partial charge in [0, 0.05) is 12.3 Å². The Morgan fingerprint density at radius 3 is 1.70 bits per heavy atom. The Morgan fingerprint density at radius 1 is 0.725 bits per heavy atom. The zero-order valence-corrected chi connectivity index (χ0v) is 29.1. The summed E-state index contributed by atoms with van der Waals surface area (Å²) in [6.45, 7) is 2.53. The van der Waals surface area contributed by atoms with Crippen LogP contribution in [0.1, 0.15) is 90.9 Å². The Hall–Kier alpha value is -1.15. The van der Waals surface area contributed by atoms with Crippen LogP contribution in [0.25, 0.3) is 0 Å². The Labute approximate surface area is 284 Å². The summed E-state index contributed by atoms with van der Waals surface area (Å²) >= 11 is 0. The third-order valence-electron chi connectivity index (χ3n) is 4.83. The molecule has 0 spiro atoms. The second-order valence-corrected chi connectivity index (χ2v) is 9.27. The molecule has 0 aromatic heterocycles. The van der Waals surface area contributed by atoms with Gasteiger partial charge in [-0.3, -0.25) is 4.79 Å². The van der Waals surface area contributed by atoms with Crippen molar-refractivity contribution >= 4 is 19.8 Å². The first-order chi connectivity index (χ1) is 18.3. The van der Waals surface area contributed by atoms with Gasteiger partial charge in [-0.25, -0.2) is 4.79 Å². The third kappa shape index (κ3) is 33.1. The van der Waals surface area contributed by atoms with Crippen molar-refractivity contribution in [2.45, 2.75) is 97.0 Å². The number of esters is 2. The summed E-state index contributed by atoms with van der Waals surface area (Å²) in [6.07, 6.45) is 11.2. The van der Waals surface area contributed by atoms with Crippen molar-refractivity contribution in [3.8, 4) is 59.2 Å². The van der Waals surface area contributed by atoms with E-state index in [-0.39, 0.29) is 65.5 Å². The summed E-state index contributed by atoms with van der Waals surface area (Å²) in [7, 11) is -5.30. The van der Waals surface area contributed by atoms with E-state index in [0.717, 1.165) is 19.3 Å². The van der Waals surface area contributed by atoms with E-state index in [2.05, 4.69) is 70.7 Å².